The zero-order valence-electron chi connectivity index (χ0n) is 12.5. The van der Waals surface area contributed by atoms with Gasteiger partial charge in [0.15, 0.2) is 11.5 Å². The van der Waals surface area contributed by atoms with Crippen LogP contribution >= 0.6 is 11.6 Å². The third kappa shape index (κ3) is 4.53. The summed E-state index contributed by atoms with van der Waals surface area (Å²) in [5.74, 6) is 1.82. The van der Waals surface area contributed by atoms with Crippen LogP contribution in [-0.2, 0) is 4.79 Å². The predicted octanol–water partition coefficient (Wildman–Crippen LogP) is 3.83. The number of hydrogen-bond donors (Lipinski definition) is 1. The second-order valence-electron chi connectivity index (χ2n) is 5.55. The fraction of sp³-hybridized carbons (Fsp3) is 0.562. The van der Waals surface area contributed by atoms with Crippen molar-refractivity contribution in [3.8, 4) is 11.5 Å². The molecule has 5 heteroatoms. The number of methoxy groups -OCH3 is 1. The highest BCUT2D eigenvalue weighted by atomic mass is 35.5. The number of hydrogen-bond acceptors (Lipinski definition) is 3. The molecule has 1 aliphatic rings. The van der Waals surface area contributed by atoms with Crippen molar-refractivity contribution < 1.29 is 14.3 Å². The molecule has 0 unspecified atom stereocenters. The Morgan fingerprint density at radius 1 is 1.29 bits per heavy atom. The fourth-order valence-electron chi connectivity index (χ4n) is 2.57. The summed E-state index contributed by atoms with van der Waals surface area (Å²) >= 11 is 5.50. The maximum absolute atomic E-state index is 11.4. The van der Waals surface area contributed by atoms with Crippen LogP contribution < -0.4 is 14.8 Å². The number of ether oxygens (including phenoxy) is 2. The molecule has 0 heterocycles. The summed E-state index contributed by atoms with van der Waals surface area (Å²) in [7, 11) is 1.61. The van der Waals surface area contributed by atoms with Crippen LogP contribution in [0.5, 0.6) is 11.5 Å². The van der Waals surface area contributed by atoms with Crippen molar-refractivity contribution in [1.82, 2.24) is 0 Å². The zero-order chi connectivity index (χ0) is 15.2. The molecule has 4 nitrogen and oxygen atoms in total. The Morgan fingerprint density at radius 3 is 2.62 bits per heavy atom. The van der Waals surface area contributed by atoms with E-state index in [0.717, 1.165) is 18.8 Å². The summed E-state index contributed by atoms with van der Waals surface area (Å²) in [6, 6.07) is 5.37. The average molecular weight is 312 g/mol. The molecule has 0 atom stereocenters. The Morgan fingerprint density at radius 2 is 2.00 bits per heavy atom. The molecular weight excluding hydrogens is 290 g/mol. The molecule has 1 amide bonds. The highest BCUT2D eigenvalue weighted by molar-refractivity contribution is 6.29. The van der Waals surface area contributed by atoms with Crippen molar-refractivity contribution in [2.24, 2.45) is 5.92 Å². The first kappa shape index (κ1) is 16.0. The number of nitrogens with one attached hydrogen (secondary N) is 1. The minimum absolute atomic E-state index is 0.0667. The van der Waals surface area contributed by atoms with Crippen molar-refractivity contribution in [1.29, 1.82) is 0 Å². The van der Waals surface area contributed by atoms with E-state index >= 15 is 0 Å². The van der Waals surface area contributed by atoms with E-state index in [9.17, 15) is 4.79 Å². The topological polar surface area (TPSA) is 47.6 Å². The third-order valence-electron chi connectivity index (χ3n) is 3.83. The molecule has 0 bridgehead atoms. The van der Waals surface area contributed by atoms with Gasteiger partial charge in [-0.3, -0.25) is 4.79 Å². The number of halogens is 1. The van der Waals surface area contributed by atoms with Crippen molar-refractivity contribution in [3.05, 3.63) is 18.2 Å². The van der Waals surface area contributed by atoms with E-state index in [1.807, 2.05) is 0 Å². The quantitative estimate of drug-likeness (QED) is 0.841. The maximum Gasteiger partial charge on any atom is 0.239 e. The highest BCUT2D eigenvalue weighted by Crippen LogP contribution is 2.34. The lowest BCUT2D eigenvalue weighted by Gasteiger charge is -2.27. The number of amides is 1. The van der Waals surface area contributed by atoms with Gasteiger partial charge in [-0.05, 0) is 43.7 Å². The van der Waals surface area contributed by atoms with Gasteiger partial charge in [-0.1, -0.05) is 6.92 Å². The molecule has 2 rings (SSSR count). The Kier molecular flexibility index (Phi) is 5.74. The number of rotatable bonds is 5. The summed E-state index contributed by atoms with van der Waals surface area (Å²) in [6.07, 6.45) is 4.71. The molecule has 1 saturated carbocycles. The summed E-state index contributed by atoms with van der Waals surface area (Å²) < 4.78 is 11.4. The van der Waals surface area contributed by atoms with E-state index in [1.165, 1.54) is 12.8 Å². The average Bonchev–Trinajstić information content (AvgIpc) is 2.50. The SMILES string of the molecule is COc1ccc(NC(=O)CCl)cc1OC1CCC(C)CC1. The standard InChI is InChI=1S/C16H22ClNO3/c1-11-3-6-13(7-4-11)21-15-9-12(18-16(19)10-17)5-8-14(15)20-2/h5,8-9,11,13H,3-4,6-7,10H2,1-2H3,(H,18,19). The fourth-order valence-corrected chi connectivity index (χ4v) is 2.63. The Labute approximate surface area is 130 Å². The van der Waals surface area contributed by atoms with Crippen LogP contribution in [0.4, 0.5) is 5.69 Å². The maximum atomic E-state index is 11.4. The Hall–Kier alpha value is -1.42. The number of carbonyl (C=O) groups is 1. The molecule has 21 heavy (non-hydrogen) atoms. The Bertz CT molecular complexity index is 484. The highest BCUT2D eigenvalue weighted by Gasteiger charge is 2.21. The van der Waals surface area contributed by atoms with E-state index in [2.05, 4.69) is 12.2 Å². The van der Waals surface area contributed by atoms with Gasteiger partial charge in [0.25, 0.3) is 0 Å². The van der Waals surface area contributed by atoms with Gasteiger partial charge in [0, 0.05) is 11.8 Å². The molecule has 1 aliphatic carbocycles. The third-order valence-corrected chi connectivity index (χ3v) is 4.07. The molecule has 116 valence electrons. The second kappa shape index (κ2) is 7.55. The van der Waals surface area contributed by atoms with E-state index in [1.54, 1.807) is 25.3 Å². The van der Waals surface area contributed by atoms with Gasteiger partial charge in [-0.2, -0.15) is 0 Å². The van der Waals surface area contributed by atoms with Gasteiger partial charge in [0.1, 0.15) is 5.88 Å². The normalized spacial score (nSPS) is 21.7. The van der Waals surface area contributed by atoms with Gasteiger partial charge in [0.2, 0.25) is 5.91 Å². The van der Waals surface area contributed by atoms with Crippen LogP contribution in [-0.4, -0.2) is 25.0 Å². The molecule has 0 aromatic heterocycles. The first-order valence-electron chi connectivity index (χ1n) is 7.33. The monoisotopic (exact) mass is 311 g/mol. The summed E-state index contributed by atoms with van der Waals surface area (Å²) in [4.78, 5) is 11.4. The number of benzene rings is 1. The molecule has 0 aliphatic heterocycles. The Balaban J connectivity index is 2.08. The van der Waals surface area contributed by atoms with Crippen molar-refractivity contribution in [2.45, 2.75) is 38.7 Å². The molecule has 1 aromatic carbocycles. The van der Waals surface area contributed by atoms with Crippen molar-refractivity contribution in [2.75, 3.05) is 18.3 Å². The molecule has 0 radical (unpaired) electrons. The minimum Gasteiger partial charge on any atom is -0.493 e. The predicted molar refractivity (Wildman–Crippen MR) is 84.4 cm³/mol. The lowest BCUT2D eigenvalue weighted by atomic mass is 9.89. The van der Waals surface area contributed by atoms with Crippen LogP contribution in [0.1, 0.15) is 32.6 Å². The lowest BCUT2D eigenvalue weighted by Crippen LogP contribution is -2.23. The van der Waals surface area contributed by atoms with E-state index in [-0.39, 0.29) is 17.9 Å². The van der Waals surface area contributed by atoms with E-state index < -0.39 is 0 Å². The largest absolute Gasteiger partial charge is 0.493 e. The van der Waals surface area contributed by atoms with Gasteiger partial charge in [-0.25, -0.2) is 0 Å². The van der Waals surface area contributed by atoms with Crippen molar-refractivity contribution >= 4 is 23.2 Å². The molecular formula is C16H22ClNO3. The van der Waals surface area contributed by atoms with Gasteiger partial charge in [0.05, 0.1) is 13.2 Å². The zero-order valence-corrected chi connectivity index (χ0v) is 13.3. The number of anilines is 1. The summed E-state index contributed by atoms with van der Waals surface area (Å²) in [5, 5.41) is 2.72. The van der Waals surface area contributed by atoms with E-state index in [0.29, 0.717) is 17.2 Å². The van der Waals surface area contributed by atoms with E-state index in [4.69, 9.17) is 21.1 Å². The first-order chi connectivity index (χ1) is 10.1. The van der Waals surface area contributed by atoms with Crippen LogP contribution in [0.3, 0.4) is 0 Å². The molecule has 0 spiro atoms. The molecule has 1 fully saturated rings. The van der Waals surface area contributed by atoms with Crippen molar-refractivity contribution in [3.63, 3.8) is 0 Å². The van der Waals surface area contributed by atoms with Gasteiger partial charge >= 0.3 is 0 Å². The summed E-state index contributed by atoms with van der Waals surface area (Å²) in [5.41, 5.74) is 0.667. The smallest absolute Gasteiger partial charge is 0.239 e. The molecule has 1 N–H and O–H groups in total. The number of alkyl halides is 1. The van der Waals surface area contributed by atoms with Crippen LogP contribution in [0.15, 0.2) is 18.2 Å². The molecule has 0 saturated heterocycles. The summed E-state index contributed by atoms with van der Waals surface area (Å²) in [6.45, 7) is 2.28. The number of carbonyl (C=O) groups excluding carboxylic acids is 1. The van der Waals surface area contributed by atoms with Gasteiger partial charge < -0.3 is 14.8 Å². The molecule has 1 aromatic rings. The first-order valence-corrected chi connectivity index (χ1v) is 7.86. The minimum atomic E-state index is -0.237. The van der Waals surface area contributed by atoms with Crippen LogP contribution in [0.25, 0.3) is 0 Å². The second-order valence-corrected chi connectivity index (χ2v) is 5.81. The lowest BCUT2D eigenvalue weighted by molar-refractivity contribution is -0.113. The van der Waals surface area contributed by atoms with Crippen LogP contribution in [0.2, 0.25) is 0 Å². The van der Waals surface area contributed by atoms with Crippen LogP contribution in [0, 0.1) is 5.92 Å². The van der Waals surface area contributed by atoms with Gasteiger partial charge in [-0.15, -0.1) is 11.6 Å².